The van der Waals surface area contributed by atoms with Gasteiger partial charge in [-0.15, -0.1) is 0 Å². The molecule has 0 aliphatic carbocycles. The number of nitrogens with one attached hydrogen (secondary N) is 1. The Hall–Kier alpha value is -1.60. The predicted octanol–water partition coefficient (Wildman–Crippen LogP) is 2.97. The van der Waals surface area contributed by atoms with Crippen LogP contribution in [0, 0.1) is 0 Å². The number of hydrogen-bond acceptors (Lipinski definition) is 3. The Labute approximate surface area is 132 Å². The van der Waals surface area contributed by atoms with Gasteiger partial charge in [-0.25, -0.2) is 4.79 Å². The van der Waals surface area contributed by atoms with Crippen LogP contribution in [0.15, 0.2) is 30.3 Å². The number of amides is 1. The van der Waals surface area contributed by atoms with E-state index >= 15 is 0 Å². The molecule has 0 saturated heterocycles. The fourth-order valence-electron chi connectivity index (χ4n) is 2.24. The summed E-state index contributed by atoms with van der Waals surface area (Å²) in [5, 5.41) is 9.25. The van der Waals surface area contributed by atoms with Gasteiger partial charge >= 0.3 is 16.3 Å². The van der Waals surface area contributed by atoms with Gasteiger partial charge in [-0.2, -0.15) is 17.4 Å². The minimum absolute atomic E-state index is 0.198. The van der Waals surface area contributed by atoms with E-state index < -0.39 is 16.3 Å². The molecule has 0 radical (unpaired) electrons. The molecule has 1 aromatic carbocycles. The van der Waals surface area contributed by atoms with Crippen LogP contribution in [-0.2, 0) is 16.8 Å². The van der Waals surface area contributed by atoms with Gasteiger partial charge in [-0.05, 0) is 18.4 Å². The summed E-state index contributed by atoms with van der Waals surface area (Å²) in [5.41, 5.74) is 0.623. The van der Waals surface area contributed by atoms with Crippen molar-refractivity contribution in [3.05, 3.63) is 35.9 Å². The topological polar surface area (TPSA) is 86.7 Å². The lowest BCUT2D eigenvalue weighted by atomic mass is 10.1. The molecular weight excluding hydrogens is 304 g/mol. The zero-order valence-electron chi connectivity index (χ0n) is 13.0. The van der Waals surface area contributed by atoms with Gasteiger partial charge in [0.15, 0.2) is 0 Å². The van der Waals surface area contributed by atoms with Gasteiger partial charge in [0.25, 0.3) is 0 Å². The average Bonchev–Trinajstić information content (AvgIpc) is 2.45. The van der Waals surface area contributed by atoms with Crippen molar-refractivity contribution in [2.45, 2.75) is 52.1 Å². The molecule has 2 N–H and O–H groups in total. The van der Waals surface area contributed by atoms with E-state index in [1.165, 1.54) is 0 Å². The highest BCUT2D eigenvalue weighted by Crippen LogP contribution is 2.12. The van der Waals surface area contributed by atoms with Crippen LogP contribution < -0.4 is 4.72 Å². The van der Waals surface area contributed by atoms with Gasteiger partial charge in [-0.1, -0.05) is 57.0 Å². The van der Waals surface area contributed by atoms with E-state index in [0.29, 0.717) is 22.7 Å². The van der Waals surface area contributed by atoms with E-state index in [-0.39, 0.29) is 12.6 Å². The summed E-state index contributed by atoms with van der Waals surface area (Å²) in [4.78, 5) is 11.4. The first kappa shape index (κ1) is 18.4. The van der Waals surface area contributed by atoms with Gasteiger partial charge in [0, 0.05) is 6.04 Å². The van der Waals surface area contributed by atoms with Crippen LogP contribution in [0.2, 0.25) is 0 Å². The van der Waals surface area contributed by atoms with Crippen molar-refractivity contribution in [2.75, 3.05) is 0 Å². The lowest BCUT2D eigenvalue weighted by molar-refractivity contribution is 0.170. The molecule has 22 heavy (non-hydrogen) atoms. The number of carboxylic acid groups (broad SMARTS) is 1. The summed E-state index contributed by atoms with van der Waals surface area (Å²) in [6, 6.07) is 8.43. The average molecular weight is 328 g/mol. The summed E-state index contributed by atoms with van der Waals surface area (Å²) in [7, 11) is -4.08. The van der Waals surface area contributed by atoms with Crippen LogP contribution >= 0.6 is 0 Å². The monoisotopic (exact) mass is 328 g/mol. The SMILES string of the molecule is CCCC(CCC)NS(=O)(=O)N(Cc1ccccc1)C(=O)O. The third kappa shape index (κ3) is 5.65. The highest BCUT2D eigenvalue weighted by atomic mass is 32.2. The smallest absolute Gasteiger partial charge is 0.422 e. The second kappa shape index (κ2) is 8.75. The van der Waals surface area contributed by atoms with E-state index in [0.717, 1.165) is 12.8 Å². The Bertz CT molecular complexity index is 554. The number of carbonyl (C=O) groups is 1. The molecule has 0 bridgehead atoms. The molecule has 0 aromatic heterocycles. The number of nitrogens with zero attached hydrogens (tertiary/aromatic N) is 1. The first-order chi connectivity index (χ1) is 10.4. The quantitative estimate of drug-likeness (QED) is 0.729. The Kier molecular flexibility index (Phi) is 7.34. The van der Waals surface area contributed by atoms with Crippen molar-refractivity contribution in [2.24, 2.45) is 0 Å². The minimum Gasteiger partial charge on any atom is -0.464 e. The maximum absolute atomic E-state index is 12.4. The molecule has 7 heteroatoms. The van der Waals surface area contributed by atoms with Crippen LogP contribution in [0.3, 0.4) is 0 Å². The van der Waals surface area contributed by atoms with E-state index in [1.807, 2.05) is 13.8 Å². The van der Waals surface area contributed by atoms with E-state index in [4.69, 9.17) is 0 Å². The normalized spacial score (nSPS) is 11.6. The highest BCUT2D eigenvalue weighted by molar-refractivity contribution is 7.87. The van der Waals surface area contributed by atoms with Crippen LogP contribution in [0.1, 0.15) is 45.1 Å². The minimum atomic E-state index is -4.08. The Morgan fingerprint density at radius 2 is 1.73 bits per heavy atom. The Morgan fingerprint density at radius 1 is 1.18 bits per heavy atom. The molecule has 1 rings (SSSR count). The second-order valence-corrected chi connectivity index (χ2v) is 6.80. The summed E-state index contributed by atoms with van der Waals surface area (Å²) >= 11 is 0. The summed E-state index contributed by atoms with van der Waals surface area (Å²) in [6.07, 6.45) is 1.55. The molecular formula is C15H24N2O4S. The zero-order valence-corrected chi connectivity index (χ0v) is 13.8. The number of rotatable bonds is 9. The molecule has 0 atom stereocenters. The van der Waals surface area contributed by atoms with Crippen LogP contribution in [0.25, 0.3) is 0 Å². The van der Waals surface area contributed by atoms with Crippen molar-refractivity contribution in [3.8, 4) is 0 Å². The first-order valence-electron chi connectivity index (χ1n) is 7.47. The van der Waals surface area contributed by atoms with Crippen molar-refractivity contribution in [1.29, 1.82) is 0 Å². The van der Waals surface area contributed by atoms with E-state index in [2.05, 4.69) is 4.72 Å². The summed E-state index contributed by atoms with van der Waals surface area (Å²) < 4.78 is 27.7. The molecule has 0 saturated carbocycles. The fraction of sp³-hybridized carbons (Fsp3) is 0.533. The maximum Gasteiger partial charge on any atom is 0.422 e. The molecule has 1 aromatic rings. The maximum atomic E-state index is 12.4. The standard InChI is InChI=1S/C15H24N2O4S/c1-3-8-14(9-4-2)16-22(20,21)17(15(18)19)12-13-10-6-5-7-11-13/h5-7,10-11,14,16H,3-4,8-9,12H2,1-2H3,(H,18,19). The molecule has 0 aliphatic heterocycles. The molecule has 1 amide bonds. The summed E-state index contributed by atoms with van der Waals surface area (Å²) in [5.74, 6) is 0. The van der Waals surface area contributed by atoms with Crippen molar-refractivity contribution in [1.82, 2.24) is 9.03 Å². The molecule has 0 fully saturated rings. The van der Waals surface area contributed by atoms with Crippen molar-refractivity contribution >= 4 is 16.3 Å². The molecule has 0 aliphatic rings. The van der Waals surface area contributed by atoms with Crippen LogP contribution in [0.4, 0.5) is 4.79 Å². The summed E-state index contributed by atoms with van der Waals surface area (Å²) in [6.45, 7) is 3.74. The van der Waals surface area contributed by atoms with Gasteiger partial charge in [0.2, 0.25) is 0 Å². The third-order valence-electron chi connectivity index (χ3n) is 3.26. The van der Waals surface area contributed by atoms with Gasteiger partial charge in [0.05, 0.1) is 6.54 Å². The largest absolute Gasteiger partial charge is 0.464 e. The van der Waals surface area contributed by atoms with Gasteiger partial charge in [0.1, 0.15) is 0 Å². The Morgan fingerprint density at radius 3 is 2.18 bits per heavy atom. The second-order valence-electron chi connectivity index (χ2n) is 5.17. The zero-order chi connectivity index (χ0) is 16.6. The molecule has 0 unspecified atom stereocenters. The van der Waals surface area contributed by atoms with Gasteiger partial charge in [-0.3, -0.25) is 0 Å². The number of hydrogen-bond donors (Lipinski definition) is 2. The molecule has 6 nitrogen and oxygen atoms in total. The lowest BCUT2D eigenvalue weighted by Gasteiger charge is -2.24. The lowest BCUT2D eigenvalue weighted by Crippen LogP contribution is -2.47. The predicted molar refractivity (Wildman–Crippen MR) is 85.7 cm³/mol. The van der Waals surface area contributed by atoms with Crippen molar-refractivity contribution < 1.29 is 18.3 Å². The number of benzene rings is 1. The third-order valence-corrected chi connectivity index (χ3v) is 4.76. The Balaban J connectivity index is 2.90. The van der Waals surface area contributed by atoms with Crippen LogP contribution in [-0.4, -0.2) is 30.0 Å². The van der Waals surface area contributed by atoms with E-state index in [9.17, 15) is 18.3 Å². The molecule has 124 valence electrons. The first-order valence-corrected chi connectivity index (χ1v) is 8.91. The highest BCUT2D eigenvalue weighted by Gasteiger charge is 2.29. The van der Waals surface area contributed by atoms with Crippen molar-refractivity contribution in [3.63, 3.8) is 0 Å². The fourth-order valence-corrected chi connectivity index (χ4v) is 3.55. The van der Waals surface area contributed by atoms with Crippen LogP contribution in [0.5, 0.6) is 0 Å². The molecule has 0 spiro atoms. The van der Waals surface area contributed by atoms with Gasteiger partial charge < -0.3 is 5.11 Å². The molecule has 0 heterocycles. The van der Waals surface area contributed by atoms with E-state index in [1.54, 1.807) is 30.3 Å².